The number of esters is 1. The van der Waals surface area contributed by atoms with Gasteiger partial charge in [0.05, 0.1) is 0 Å². The van der Waals surface area contributed by atoms with Crippen LogP contribution in [0.3, 0.4) is 0 Å². The summed E-state index contributed by atoms with van der Waals surface area (Å²) in [6.07, 6.45) is 0. The Kier molecular flexibility index (Phi) is 7.77. The predicted molar refractivity (Wildman–Crippen MR) is 110 cm³/mol. The minimum absolute atomic E-state index is 0.217. The quantitative estimate of drug-likeness (QED) is 0.667. The summed E-state index contributed by atoms with van der Waals surface area (Å²) in [6, 6.07) is 12.2. The summed E-state index contributed by atoms with van der Waals surface area (Å²) in [7, 11) is 1.54. The van der Waals surface area contributed by atoms with Crippen molar-refractivity contribution in [2.45, 2.75) is 26.7 Å². The first-order valence-corrected chi connectivity index (χ1v) is 9.31. The first-order valence-electron chi connectivity index (χ1n) is 9.31. The molecule has 7 heteroatoms. The van der Waals surface area contributed by atoms with E-state index in [4.69, 9.17) is 9.47 Å². The molecule has 2 aromatic carbocycles. The zero-order valence-corrected chi connectivity index (χ0v) is 17.1. The highest BCUT2D eigenvalue weighted by molar-refractivity contribution is 5.96. The zero-order valence-electron chi connectivity index (χ0n) is 17.1. The monoisotopic (exact) mass is 398 g/mol. The molecular weight excluding hydrogens is 372 g/mol. The lowest BCUT2D eigenvalue weighted by atomic mass is 10.0. The van der Waals surface area contributed by atoms with Gasteiger partial charge in [0.15, 0.2) is 13.2 Å². The number of ether oxygens (including phenoxy) is 2. The lowest BCUT2D eigenvalue weighted by molar-refractivity contribution is -0.149. The summed E-state index contributed by atoms with van der Waals surface area (Å²) in [6.45, 7) is 5.32. The Morgan fingerprint density at radius 1 is 1.00 bits per heavy atom. The highest BCUT2D eigenvalue weighted by Gasteiger charge is 2.13. The van der Waals surface area contributed by atoms with Gasteiger partial charge in [-0.2, -0.15) is 0 Å². The van der Waals surface area contributed by atoms with Gasteiger partial charge < -0.3 is 20.1 Å². The van der Waals surface area contributed by atoms with Crippen LogP contribution in [0.4, 0.5) is 5.69 Å². The summed E-state index contributed by atoms with van der Waals surface area (Å²) < 4.78 is 10.6. The van der Waals surface area contributed by atoms with E-state index in [0.717, 1.165) is 11.1 Å². The Bertz CT molecular complexity index is 875. The molecule has 154 valence electrons. The molecule has 0 spiro atoms. The fraction of sp³-hybridized carbons (Fsp3) is 0.318. The van der Waals surface area contributed by atoms with Gasteiger partial charge in [0, 0.05) is 18.3 Å². The van der Waals surface area contributed by atoms with Gasteiger partial charge in [0.2, 0.25) is 0 Å². The van der Waals surface area contributed by atoms with E-state index in [-0.39, 0.29) is 18.4 Å². The predicted octanol–water partition coefficient (Wildman–Crippen LogP) is 3.04. The second-order valence-electron chi connectivity index (χ2n) is 6.85. The van der Waals surface area contributed by atoms with Crippen molar-refractivity contribution in [3.05, 3.63) is 59.2 Å². The van der Waals surface area contributed by atoms with Crippen molar-refractivity contribution in [2.24, 2.45) is 0 Å². The van der Waals surface area contributed by atoms with Gasteiger partial charge in [0.25, 0.3) is 11.8 Å². The molecule has 0 saturated carbocycles. The van der Waals surface area contributed by atoms with E-state index in [0.29, 0.717) is 17.0 Å². The van der Waals surface area contributed by atoms with Crippen molar-refractivity contribution >= 4 is 23.5 Å². The third-order valence-electron chi connectivity index (χ3n) is 4.16. The Balaban J connectivity index is 1.81. The van der Waals surface area contributed by atoms with Gasteiger partial charge in [-0.05, 0) is 54.3 Å². The molecule has 0 heterocycles. The molecule has 0 saturated heterocycles. The standard InChI is InChI=1S/C22H26N2O5/c1-14(2)18-10-5-15(3)11-19(18)28-13-21(26)29-12-20(25)24-17-8-6-16(7-9-17)22(27)23-4/h5-11,14H,12-13H2,1-4H3,(H,23,27)(H,24,25). The Morgan fingerprint density at radius 2 is 1.69 bits per heavy atom. The molecule has 2 aromatic rings. The minimum atomic E-state index is -0.633. The van der Waals surface area contributed by atoms with Crippen LogP contribution in [0.1, 0.15) is 41.3 Å². The maximum absolute atomic E-state index is 11.9. The van der Waals surface area contributed by atoms with Crippen LogP contribution >= 0.6 is 0 Å². The molecule has 7 nitrogen and oxygen atoms in total. The molecule has 0 aliphatic carbocycles. The number of rotatable bonds is 8. The molecule has 0 aliphatic rings. The van der Waals surface area contributed by atoms with Crippen LogP contribution in [0.5, 0.6) is 5.75 Å². The third-order valence-corrected chi connectivity index (χ3v) is 4.16. The van der Waals surface area contributed by atoms with E-state index < -0.39 is 18.5 Å². The summed E-state index contributed by atoms with van der Waals surface area (Å²) >= 11 is 0. The number of carbonyl (C=O) groups excluding carboxylic acids is 3. The number of nitrogens with one attached hydrogen (secondary N) is 2. The smallest absolute Gasteiger partial charge is 0.344 e. The van der Waals surface area contributed by atoms with Gasteiger partial charge in [-0.3, -0.25) is 9.59 Å². The van der Waals surface area contributed by atoms with Gasteiger partial charge >= 0.3 is 5.97 Å². The van der Waals surface area contributed by atoms with E-state index in [2.05, 4.69) is 10.6 Å². The Labute approximate surface area is 170 Å². The molecular formula is C22H26N2O5. The van der Waals surface area contributed by atoms with Crippen molar-refractivity contribution in [3.8, 4) is 5.75 Å². The molecule has 29 heavy (non-hydrogen) atoms. The number of hydrogen-bond donors (Lipinski definition) is 2. The van der Waals surface area contributed by atoms with E-state index in [1.54, 1.807) is 31.3 Å². The van der Waals surface area contributed by atoms with Gasteiger partial charge in [0.1, 0.15) is 5.75 Å². The molecule has 0 aliphatic heterocycles. The van der Waals surface area contributed by atoms with Crippen molar-refractivity contribution in [2.75, 3.05) is 25.6 Å². The average Bonchev–Trinajstić information content (AvgIpc) is 2.70. The zero-order chi connectivity index (χ0) is 21.4. The lowest BCUT2D eigenvalue weighted by Gasteiger charge is -2.14. The maximum atomic E-state index is 11.9. The minimum Gasteiger partial charge on any atom is -0.482 e. The van der Waals surface area contributed by atoms with Crippen LogP contribution in [-0.2, 0) is 14.3 Å². The molecule has 2 N–H and O–H groups in total. The summed E-state index contributed by atoms with van der Waals surface area (Å²) in [5, 5.41) is 5.11. The normalized spacial score (nSPS) is 10.4. The SMILES string of the molecule is CNC(=O)c1ccc(NC(=O)COC(=O)COc2cc(C)ccc2C(C)C)cc1. The fourth-order valence-corrected chi connectivity index (χ4v) is 2.61. The van der Waals surface area contributed by atoms with Crippen LogP contribution < -0.4 is 15.4 Å². The van der Waals surface area contributed by atoms with E-state index in [1.807, 2.05) is 39.0 Å². The number of aryl methyl sites for hydroxylation is 1. The largest absolute Gasteiger partial charge is 0.482 e. The van der Waals surface area contributed by atoms with Crippen LogP contribution in [0.15, 0.2) is 42.5 Å². The van der Waals surface area contributed by atoms with Gasteiger partial charge in [-0.15, -0.1) is 0 Å². The number of carbonyl (C=O) groups is 3. The van der Waals surface area contributed by atoms with Crippen molar-refractivity contribution in [1.29, 1.82) is 0 Å². The fourth-order valence-electron chi connectivity index (χ4n) is 2.61. The number of hydrogen-bond acceptors (Lipinski definition) is 5. The number of amides is 2. The molecule has 0 bridgehead atoms. The third kappa shape index (κ3) is 6.64. The highest BCUT2D eigenvalue weighted by atomic mass is 16.6. The maximum Gasteiger partial charge on any atom is 0.344 e. The van der Waals surface area contributed by atoms with Crippen molar-refractivity contribution in [1.82, 2.24) is 5.32 Å². The van der Waals surface area contributed by atoms with Crippen LogP contribution in [-0.4, -0.2) is 38.0 Å². The van der Waals surface area contributed by atoms with E-state index in [1.165, 1.54) is 0 Å². The molecule has 0 aromatic heterocycles. The van der Waals surface area contributed by atoms with Crippen LogP contribution in [0.25, 0.3) is 0 Å². The highest BCUT2D eigenvalue weighted by Crippen LogP contribution is 2.27. The first-order chi connectivity index (χ1) is 13.8. The van der Waals surface area contributed by atoms with Crippen LogP contribution in [0.2, 0.25) is 0 Å². The second kappa shape index (κ2) is 10.3. The molecule has 0 unspecified atom stereocenters. The lowest BCUT2D eigenvalue weighted by Crippen LogP contribution is -2.24. The van der Waals surface area contributed by atoms with E-state index >= 15 is 0 Å². The molecule has 2 rings (SSSR count). The number of anilines is 1. The van der Waals surface area contributed by atoms with Gasteiger partial charge in [-0.1, -0.05) is 26.0 Å². The topological polar surface area (TPSA) is 93.7 Å². The summed E-state index contributed by atoms with van der Waals surface area (Å²) in [4.78, 5) is 35.4. The summed E-state index contributed by atoms with van der Waals surface area (Å²) in [5.41, 5.74) is 3.00. The Hall–Kier alpha value is -3.35. The molecule has 0 atom stereocenters. The first kappa shape index (κ1) is 21.9. The summed E-state index contributed by atoms with van der Waals surface area (Å²) in [5.74, 6) is -0.443. The van der Waals surface area contributed by atoms with Crippen molar-refractivity contribution < 1.29 is 23.9 Å². The second-order valence-corrected chi connectivity index (χ2v) is 6.85. The average molecular weight is 398 g/mol. The molecule has 0 fully saturated rings. The molecule has 2 amide bonds. The van der Waals surface area contributed by atoms with Crippen LogP contribution in [0, 0.1) is 6.92 Å². The van der Waals surface area contributed by atoms with Gasteiger partial charge in [-0.25, -0.2) is 4.79 Å². The number of benzene rings is 2. The van der Waals surface area contributed by atoms with Crippen molar-refractivity contribution in [3.63, 3.8) is 0 Å². The van der Waals surface area contributed by atoms with E-state index in [9.17, 15) is 14.4 Å². The Morgan fingerprint density at radius 3 is 2.31 bits per heavy atom. The molecule has 0 radical (unpaired) electrons.